The molecule has 0 spiro atoms. The Kier molecular flexibility index (Phi) is 10.8. The van der Waals surface area contributed by atoms with Gasteiger partial charge in [0.05, 0.1) is 5.56 Å². The van der Waals surface area contributed by atoms with Gasteiger partial charge in [-0.25, -0.2) is 0 Å². The van der Waals surface area contributed by atoms with E-state index in [1.54, 1.807) is 0 Å². The van der Waals surface area contributed by atoms with Crippen molar-refractivity contribution in [1.29, 1.82) is 0 Å². The van der Waals surface area contributed by atoms with E-state index in [0.29, 0.717) is 13.0 Å². The van der Waals surface area contributed by atoms with Gasteiger partial charge in [-0.15, -0.1) is 12.4 Å². The van der Waals surface area contributed by atoms with Crippen molar-refractivity contribution < 1.29 is 9.59 Å². The summed E-state index contributed by atoms with van der Waals surface area (Å²) in [6.45, 7) is 4.28. The molecular formula is C34H39ClN4O2. The molecule has 1 saturated heterocycles. The van der Waals surface area contributed by atoms with E-state index in [2.05, 4.69) is 47.0 Å². The molecule has 1 unspecified atom stereocenters. The van der Waals surface area contributed by atoms with Gasteiger partial charge in [-0.05, 0) is 74.1 Å². The van der Waals surface area contributed by atoms with Crippen molar-refractivity contribution >= 4 is 29.9 Å². The van der Waals surface area contributed by atoms with Crippen molar-refractivity contribution in [2.24, 2.45) is 0 Å². The van der Waals surface area contributed by atoms with E-state index < -0.39 is 0 Å². The molecule has 2 heterocycles. The number of nitrogens with zero attached hydrogens (tertiary/aromatic N) is 2. The molecule has 4 aromatic rings. The first-order valence-electron chi connectivity index (χ1n) is 14.3. The highest BCUT2D eigenvalue weighted by Gasteiger charge is 2.29. The van der Waals surface area contributed by atoms with Crippen LogP contribution >= 0.6 is 12.4 Å². The normalized spacial score (nSPS) is 14.8. The van der Waals surface area contributed by atoms with Crippen molar-refractivity contribution in [3.63, 3.8) is 0 Å². The topological polar surface area (TPSA) is 66.4 Å². The Labute approximate surface area is 249 Å². The lowest BCUT2D eigenvalue weighted by molar-refractivity contribution is -0.116. The number of anilines is 1. The van der Waals surface area contributed by atoms with Crippen LogP contribution in [-0.2, 0) is 17.6 Å². The number of unbranched alkanes of at least 4 members (excludes halogenated alkanes) is 1. The summed E-state index contributed by atoms with van der Waals surface area (Å²) in [4.78, 5) is 28.1. The molecule has 7 heteroatoms. The van der Waals surface area contributed by atoms with Gasteiger partial charge < -0.3 is 20.1 Å². The Balaban J connectivity index is 0.00000387. The van der Waals surface area contributed by atoms with Gasteiger partial charge in [-0.1, -0.05) is 60.7 Å². The monoisotopic (exact) mass is 570 g/mol. The summed E-state index contributed by atoms with van der Waals surface area (Å²) in [6.07, 6.45) is 6.14. The summed E-state index contributed by atoms with van der Waals surface area (Å²) >= 11 is 0. The number of piperazine rings is 1. The third-order valence-electron chi connectivity index (χ3n) is 7.69. The molecule has 0 saturated carbocycles. The smallest absolute Gasteiger partial charge is 0.256 e. The molecule has 1 atom stereocenters. The minimum Gasteiger partial charge on any atom is -0.333 e. The zero-order chi connectivity index (χ0) is 27.7. The highest BCUT2D eigenvalue weighted by atomic mass is 35.5. The molecule has 1 fully saturated rings. The summed E-state index contributed by atoms with van der Waals surface area (Å²) in [5.41, 5.74) is 5.93. The molecule has 1 aliphatic rings. The van der Waals surface area contributed by atoms with E-state index in [0.717, 1.165) is 61.4 Å². The second kappa shape index (κ2) is 14.7. The van der Waals surface area contributed by atoms with Crippen molar-refractivity contribution in [1.82, 2.24) is 14.8 Å². The third-order valence-corrected chi connectivity index (χ3v) is 7.69. The third kappa shape index (κ3) is 7.87. The van der Waals surface area contributed by atoms with E-state index in [1.807, 2.05) is 77.2 Å². The lowest BCUT2D eigenvalue weighted by Crippen LogP contribution is -2.54. The fourth-order valence-corrected chi connectivity index (χ4v) is 5.46. The molecule has 0 radical (unpaired) electrons. The van der Waals surface area contributed by atoms with E-state index in [4.69, 9.17) is 0 Å². The Hall–Kier alpha value is -3.87. The second-order valence-corrected chi connectivity index (χ2v) is 10.5. The minimum absolute atomic E-state index is 0. The van der Waals surface area contributed by atoms with Crippen molar-refractivity contribution in [2.45, 2.75) is 45.1 Å². The van der Waals surface area contributed by atoms with Crippen molar-refractivity contribution in [3.8, 4) is 5.69 Å². The first kappa shape index (κ1) is 30.1. The van der Waals surface area contributed by atoms with Crippen LogP contribution in [0.1, 0.15) is 46.4 Å². The minimum atomic E-state index is 0. The van der Waals surface area contributed by atoms with Crippen LogP contribution < -0.4 is 10.6 Å². The van der Waals surface area contributed by atoms with Gasteiger partial charge in [-0.3, -0.25) is 9.59 Å². The lowest BCUT2D eigenvalue weighted by Gasteiger charge is -2.36. The number of rotatable bonds is 10. The molecule has 214 valence electrons. The Morgan fingerprint density at radius 2 is 1.56 bits per heavy atom. The average molecular weight is 571 g/mol. The zero-order valence-electron chi connectivity index (χ0n) is 23.6. The Morgan fingerprint density at radius 1 is 0.878 bits per heavy atom. The number of halogens is 1. The average Bonchev–Trinajstić information content (AvgIpc) is 3.38. The quantitative estimate of drug-likeness (QED) is 0.223. The zero-order valence-corrected chi connectivity index (χ0v) is 24.4. The van der Waals surface area contributed by atoms with E-state index in [-0.39, 0.29) is 30.3 Å². The second-order valence-electron chi connectivity index (χ2n) is 10.5. The van der Waals surface area contributed by atoms with Crippen LogP contribution in [0, 0.1) is 6.92 Å². The number of hydrogen-bond acceptors (Lipinski definition) is 3. The van der Waals surface area contributed by atoms with Gasteiger partial charge in [0.2, 0.25) is 5.91 Å². The molecule has 1 aliphatic heterocycles. The molecule has 2 N–H and O–H groups in total. The van der Waals surface area contributed by atoms with Gasteiger partial charge in [0.15, 0.2) is 0 Å². The maximum atomic E-state index is 13.7. The predicted octanol–water partition coefficient (Wildman–Crippen LogP) is 6.22. The number of benzene rings is 3. The van der Waals surface area contributed by atoms with Crippen LogP contribution in [0.4, 0.5) is 5.69 Å². The van der Waals surface area contributed by atoms with Gasteiger partial charge in [0, 0.05) is 55.4 Å². The van der Waals surface area contributed by atoms with Crippen LogP contribution in [-0.4, -0.2) is 47.0 Å². The molecule has 5 rings (SSSR count). The van der Waals surface area contributed by atoms with Crippen LogP contribution in [0.15, 0.2) is 97.2 Å². The molecule has 2 amide bonds. The number of nitrogens with one attached hydrogen (secondary N) is 2. The van der Waals surface area contributed by atoms with Crippen LogP contribution in [0.2, 0.25) is 0 Å². The molecule has 6 nitrogen and oxygen atoms in total. The first-order valence-corrected chi connectivity index (χ1v) is 14.3. The maximum absolute atomic E-state index is 13.7. The number of aromatic nitrogens is 1. The van der Waals surface area contributed by atoms with Gasteiger partial charge in [0.1, 0.15) is 0 Å². The summed E-state index contributed by atoms with van der Waals surface area (Å²) in [5.74, 6) is 0.113. The standard InChI is InChI=1S/C34H38N4O2.ClH/c1-26-32(34(40)38-23-21-35-25-31(38)24-28-13-6-3-7-14-28)20-22-37(26)30-18-16-29(17-19-30)36-33(39)15-9-8-12-27-10-4-2-5-11-27;/h2-7,10-11,13-14,16-20,22,31,35H,8-9,12,15,21,23-25H2,1H3,(H,36,39);1H. The summed E-state index contributed by atoms with van der Waals surface area (Å²) in [6, 6.07) is 30.6. The SMILES string of the molecule is Cc1c(C(=O)N2CCNCC2Cc2ccccc2)ccn1-c1ccc(NC(=O)CCCCc2ccccc2)cc1.Cl. The molecule has 1 aromatic heterocycles. The molecular weight excluding hydrogens is 532 g/mol. The summed E-state index contributed by atoms with van der Waals surface area (Å²) in [7, 11) is 0. The molecule has 41 heavy (non-hydrogen) atoms. The Bertz CT molecular complexity index is 1400. The first-order chi connectivity index (χ1) is 19.6. The largest absolute Gasteiger partial charge is 0.333 e. The highest BCUT2D eigenvalue weighted by Crippen LogP contribution is 2.22. The fourth-order valence-electron chi connectivity index (χ4n) is 5.46. The number of amides is 2. The van der Waals surface area contributed by atoms with E-state index in [9.17, 15) is 9.59 Å². The number of carbonyl (C=O) groups excluding carboxylic acids is 2. The van der Waals surface area contributed by atoms with Crippen LogP contribution in [0.25, 0.3) is 5.69 Å². The van der Waals surface area contributed by atoms with Crippen molar-refractivity contribution in [2.75, 3.05) is 25.0 Å². The summed E-state index contributed by atoms with van der Waals surface area (Å²) < 4.78 is 2.04. The lowest BCUT2D eigenvalue weighted by atomic mass is 10.0. The highest BCUT2D eigenvalue weighted by molar-refractivity contribution is 5.96. The van der Waals surface area contributed by atoms with E-state index >= 15 is 0 Å². The van der Waals surface area contributed by atoms with Crippen LogP contribution in [0.3, 0.4) is 0 Å². The molecule has 3 aromatic carbocycles. The molecule has 0 aliphatic carbocycles. The van der Waals surface area contributed by atoms with Gasteiger partial charge >= 0.3 is 0 Å². The van der Waals surface area contributed by atoms with Crippen molar-refractivity contribution in [3.05, 3.63) is 120 Å². The molecule has 0 bridgehead atoms. The maximum Gasteiger partial charge on any atom is 0.256 e. The Morgan fingerprint density at radius 3 is 2.27 bits per heavy atom. The fraction of sp³-hybridized carbons (Fsp3) is 0.294. The number of aryl methyl sites for hydroxylation is 1. The number of carbonyl (C=O) groups is 2. The van der Waals surface area contributed by atoms with Crippen LogP contribution in [0.5, 0.6) is 0 Å². The van der Waals surface area contributed by atoms with Gasteiger partial charge in [-0.2, -0.15) is 0 Å². The predicted molar refractivity (Wildman–Crippen MR) is 168 cm³/mol. The van der Waals surface area contributed by atoms with E-state index in [1.165, 1.54) is 11.1 Å². The van der Waals surface area contributed by atoms with Gasteiger partial charge in [0.25, 0.3) is 5.91 Å². The number of hydrogen-bond donors (Lipinski definition) is 2. The summed E-state index contributed by atoms with van der Waals surface area (Å²) in [5, 5.41) is 6.46.